The average Bonchev–Trinajstić information content (AvgIpc) is 3.04. The summed E-state index contributed by atoms with van der Waals surface area (Å²) in [4.78, 5) is 24.5. The third-order valence-corrected chi connectivity index (χ3v) is 5.83. The van der Waals surface area contributed by atoms with E-state index in [0.717, 1.165) is 24.6 Å². The number of nitrogens with one attached hydrogen (secondary N) is 2. The van der Waals surface area contributed by atoms with Crippen LogP contribution in [0.25, 0.3) is 11.0 Å². The zero-order valence-electron chi connectivity index (χ0n) is 15.4. The third kappa shape index (κ3) is 3.83. The van der Waals surface area contributed by atoms with Gasteiger partial charge in [0.25, 0.3) is 0 Å². The van der Waals surface area contributed by atoms with E-state index in [2.05, 4.69) is 15.8 Å². The van der Waals surface area contributed by atoms with Crippen LogP contribution < -0.4 is 10.6 Å². The molecule has 0 spiro atoms. The van der Waals surface area contributed by atoms with Gasteiger partial charge in [-0.3, -0.25) is 9.59 Å². The molecule has 27 heavy (non-hydrogen) atoms. The smallest absolute Gasteiger partial charge is 0.226 e. The summed E-state index contributed by atoms with van der Waals surface area (Å²) >= 11 is 0. The first-order chi connectivity index (χ1) is 13.1. The number of aromatic nitrogens is 1. The maximum absolute atomic E-state index is 12.5. The Morgan fingerprint density at radius 1 is 1.37 bits per heavy atom. The molecule has 1 aromatic heterocycles. The fourth-order valence-electron chi connectivity index (χ4n) is 4.60. The maximum atomic E-state index is 12.5. The van der Waals surface area contributed by atoms with Gasteiger partial charge in [-0.15, -0.1) is 0 Å². The number of fused-ring (bicyclic) bond motifs is 2. The molecule has 0 bridgehead atoms. The van der Waals surface area contributed by atoms with Crippen molar-refractivity contribution in [3.8, 4) is 0 Å². The Kier molecular flexibility index (Phi) is 5.11. The molecule has 4 unspecified atom stereocenters. The lowest BCUT2D eigenvalue weighted by molar-refractivity contribution is -0.128. The Bertz CT molecular complexity index is 833. The highest BCUT2D eigenvalue weighted by atomic mass is 16.5. The van der Waals surface area contributed by atoms with Crippen LogP contribution in [0.1, 0.15) is 31.4 Å². The SMILES string of the molecule is COCC1CC(=O)NC2CC(NC(=O)Cc3noc4ccccc34)CCC12. The molecule has 4 rings (SSSR count). The Labute approximate surface area is 157 Å². The summed E-state index contributed by atoms with van der Waals surface area (Å²) in [5.41, 5.74) is 1.35. The summed E-state index contributed by atoms with van der Waals surface area (Å²) in [6, 6.07) is 7.72. The highest BCUT2D eigenvalue weighted by Gasteiger charge is 2.40. The number of hydrogen-bond donors (Lipinski definition) is 2. The number of hydrogen-bond acceptors (Lipinski definition) is 5. The van der Waals surface area contributed by atoms with Crippen molar-refractivity contribution in [1.29, 1.82) is 0 Å². The highest BCUT2D eigenvalue weighted by Crippen LogP contribution is 2.35. The molecule has 2 aromatic rings. The van der Waals surface area contributed by atoms with E-state index >= 15 is 0 Å². The van der Waals surface area contributed by atoms with Crippen molar-refractivity contribution in [2.45, 2.75) is 44.2 Å². The van der Waals surface area contributed by atoms with Crippen LogP contribution in [0.15, 0.2) is 28.8 Å². The fraction of sp³-hybridized carbons (Fsp3) is 0.550. The molecule has 2 fully saturated rings. The van der Waals surface area contributed by atoms with E-state index in [0.29, 0.717) is 30.2 Å². The molecule has 2 aliphatic rings. The number of para-hydroxylation sites is 1. The van der Waals surface area contributed by atoms with Gasteiger partial charge in [0.05, 0.1) is 6.42 Å². The van der Waals surface area contributed by atoms with Crippen molar-refractivity contribution in [3.63, 3.8) is 0 Å². The molecule has 0 radical (unpaired) electrons. The number of piperidine rings is 1. The summed E-state index contributed by atoms with van der Waals surface area (Å²) in [6.45, 7) is 0.616. The van der Waals surface area contributed by atoms with Crippen molar-refractivity contribution in [1.82, 2.24) is 15.8 Å². The highest BCUT2D eigenvalue weighted by molar-refractivity contribution is 5.86. The number of nitrogens with zero attached hydrogens (tertiary/aromatic N) is 1. The number of amides is 2. The topological polar surface area (TPSA) is 93.5 Å². The minimum Gasteiger partial charge on any atom is -0.384 e. The number of ether oxygens (including phenoxy) is 1. The van der Waals surface area contributed by atoms with E-state index in [1.54, 1.807) is 7.11 Å². The lowest BCUT2D eigenvalue weighted by atomic mass is 9.71. The molecule has 7 heteroatoms. The van der Waals surface area contributed by atoms with E-state index < -0.39 is 0 Å². The number of carbonyl (C=O) groups is 2. The molecule has 1 aliphatic carbocycles. The van der Waals surface area contributed by atoms with E-state index in [1.165, 1.54) is 0 Å². The summed E-state index contributed by atoms with van der Waals surface area (Å²) in [6.07, 6.45) is 3.40. The first-order valence-corrected chi connectivity index (χ1v) is 9.55. The second kappa shape index (κ2) is 7.68. The average molecular weight is 371 g/mol. The van der Waals surface area contributed by atoms with Gasteiger partial charge in [-0.2, -0.15) is 0 Å². The van der Waals surface area contributed by atoms with Gasteiger partial charge in [-0.05, 0) is 43.2 Å². The first kappa shape index (κ1) is 18.0. The van der Waals surface area contributed by atoms with E-state index in [4.69, 9.17) is 9.26 Å². The predicted molar refractivity (Wildman–Crippen MR) is 98.9 cm³/mol. The van der Waals surface area contributed by atoms with Gasteiger partial charge in [0, 0.05) is 37.6 Å². The van der Waals surface area contributed by atoms with Gasteiger partial charge in [0.15, 0.2) is 5.58 Å². The number of benzene rings is 1. The minimum atomic E-state index is -0.0620. The molecule has 1 saturated carbocycles. The van der Waals surface area contributed by atoms with Crippen LogP contribution in [0, 0.1) is 11.8 Å². The molecule has 4 atom stereocenters. The second-order valence-electron chi connectivity index (χ2n) is 7.64. The number of methoxy groups -OCH3 is 1. The molecular weight excluding hydrogens is 346 g/mol. The molecule has 2 heterocycles. The van der Waals surface area contributed by atoms with E-state index in [1.807, 2.05) is 24.3 Å². The summed E-state index contributed by atoms with van der Waals surface area (Å²) in [5, 5.41) is 11.1. The summed E-state index contributed by atoms with van der Waals surface area (Å²) in [5.74, 6) is 0.717. The maximum Gasteiger partial charge on any atom is 0.226 e. The molecule has 1 aromatic carbocycles. The van der Waals surface area contributed by atoms with Gasteiger partial charge >= 0.3 is 0 Å². The van der Waals surface area contributed by atoms with Crippen LogP contribution >= 0.6 is 0 Å². The van der Waals surface area contributed by atoms with Crippen LogP contribution in [0.5, 0.6) is 0 Å². The lowest BCUT2D eigenvalue weighted by Gasteiger charge is -2.43. The van der Waals surface area contributed by atoms with Crippen molar-refractivity contribution in [2.24, 2.45) is 11.8 Å². The van der Waals surface area contributed by atoms with E-state index in [9.17, 15) is 9.59 Å². The molecular formula is C20H25N3O4. The van der Waals surface area contributed by atoms with Crippen LogP contribution in [0.3, 0.4) is 0 Å². The Morgan fingerprint density at radius 2 is 2.22 bits per heavy atom. The second-order valence-corrected chi connectivity index (χ2v) is 7.64. The minimum absolute atomic E-state index is 0.0620. The van der Waals surface area contributed by atoms with E-state index in [-0.39, 0.29) is 36.2 Å². The Morgan fingerprint density at radius 3 is 3.07 bits per heavy atom. The van der Waals surface area contributed by atoms with Crippen molar-refractivity contribution in [2.75, 3.05) is 13.7 Å². The standard InChI is InChI=1S/C20H25N3O4/c1-26-11-12-8-19(24)22-16-9-13(6-7-14(12)16)21-20(25)10-17-15-4-2-3-5-18(15)27-23-17/h2-5,12-14,16H,6-11H2,1H3,(H,21,25)(H,22,24). The van der Waals surface area contributed by atoms with Gasteiger partial charge in [0.2, 0.25) is 11.8 Å². The van der Waals surface area contributed by atoms with Crippen LogP contribution in [0.4, 0.5) is 0 Å². The fourth-order valence-corrected chi connectivity index (χ4v) is 4.60. The van der Waals surface area contributed by atoms with Crippen LogP contribution in [-0.2, 0) is 20.7 Å². The molecule has 1 saturated heterocycles. The molecule has 2 amide bonds. The normalized spacial score (nSPS) is 27.8. The van der Waals surface area contributed by atoms with Crippen LogP contribution in [0.2, 0.25) is 0 Å². The molecule has 2 N–H and O–H groups in total. The predicted octanol–water partition coefficient (Wildman–Crippen LogP) is 1.81. The molecule has 1 aliphatic heterocycles. The quantitative estimate of drug-likeness (QED) is 0.836. The lowest BCUT2D eigenvalue weighted by Crippen LogP contribution is -2.56. The van der Waals surface area contributed by atoms with Gasteiger partial charge in [-0.25, -0.2) is 0 Å². The third-order valence-electron chi connectivity index (χ3n) is 5.83. The summed E-state index contributed by atoms with van der Waals surface area (Å²) in [7, 11) is 1.68. The zero-order chi connectivity index (χ0) is 18.8. The van der Waals surface area contributed by atoms with Gasteiger partial charge < -0.3 is 19.9 Å². The van der Waals surface area contributed by atoms with Gasteiger partial charge in [-0.1, -0.05) is 17.3 Å². The Balaban J connectivity index is 1.36. The van der Waals surface area contributed by atoms with Crippen LogP contribution in [-0.4, -0.2) is 42.8 Å². The first-order valence-electron chi connectivity index (χ1n) is 9.55. The van der Waals surface area contributed by atoms with Crippen molar-refractivity contribution in [3.05, 3.63) is 30.0 Å². The number of rotatable bonds is 5. The largest absolute Gasteiger partial charge is 0.384 e. The number of carbonyl (C=O) groups excluding carboxylic acids is 2. The van der Waals surface area contributed by atoms with Crippen molar-refractivity contribution < 1.29 is 18.8 Å². The monoisotopic (exact) mass is 371 g/mol. The Hall–Kier alpha value is -2.41. The molecule has 144 valence electrons. The van der Waals surface area contributed by atoms with Crippen molar-refractivity contribution >= 4 is 22.8 Å². The zero-order valence-corrected chi connectivity index (χ0v) is 15.4. The molecule has 7 nitrogen and oxygen atoms in total. The summed E-state index contributed by atoms with van der Waals surface area (Å²) < 4.78 is 10.6. The van der Waals surface area contributed by atoms with Gasteiger partial charge in [0.1, 0.15) is 5.69 Å².